The van der Waals surface area contributed by atoms with E-state index in [2.05, 4.69) is 48.4 Å². The number of nitrogens with zero attached hydrogens (tertiary/aromatic N) is 4. The third-order valence-electron chi connectivity index (χ3n) is 2.77. The summed E-state index contributed by atoms with van der Waals surface area (Å²) in [5, 5.41) is 3.58. The molecule has 0 atom stereocenters. The van der Waals surface area contributed by atoms with Crippen LogP contribution >= 0.6 is 0 Å². The summed E-state index contributed by atoms with van der Waals surface area (Å²) in [4.78, 5) is 2.78. The fourth-order valence-electron chi connectivity index (χ4n) is 1.99. The van der Waals surface area contributed by atoms with Crippen LogP contribution in [-0.2, 0) is 13.0 Å². The summed E-state index contributed by atoms with van der Waals surface area (Å²) >= 11 is 0. The molecule has 0 fully saturated rings. The highest BCUT2D eigenvalue weighted by molar-refractivity contribution is 5.27. The summed E-state index contributed by atoms with van der Waals surface area (Å²) in [6, 6.07) is 2.20. The maximum Gasteiger partial charge on any atom is 0.0299 e. The highest BCUT2D eigenvalue weighted by Crippen LogP contribution is 2.17. The topological polar surface area (TPSA) is 53.7 Å². The molecule has 0 aliphatic carbocycles. The second kappa shape index (κ2) is 5.61. The molecule has 4 heteroatoms. The minimum Gasteiger partial charge on any atom is -0.349 e. The van der Waals surface area contributed by atoms with E-state index in [4.69, 9.17) is 5.53 Å². The van der Waals surface area contributed by atoms with Crippen LogP contribution in [0.5, 0.6) is 0 Å². The molecule has 0 bridgehead atoms. The van der Waals surface area contributed by atoms with E-state index in [0.717, 1.165) is 13.0 Å². The lowest BCUT2D eigenvalue weighted by Crippen LogP contribution is -2.08. The van der Waals surface area contributed by atoms with Crippen LogP contribution in [0, 0.1) is 19.8 Å². The zero-order valence-electron chi connectivity index (χ0n) is 10.6. The Morgan fingerprint density at radius 2 is 2.12 bits per heavy atom. The second-order valence-corrected chi connectivity index (χ2v) is 4.61. The van der Waals surface area contributed by atoms with E-state index >= 15 is 0 Å². The number of aryl methyl sites for hydroxylation is 1. The summed E-state index contributed by atoms with van der Waals surface area (Å²) in [5.74, 6) is 0.648. The van der Waals surface area contributed by atoms with Crippen molar-refractivity contribution in [1.29, 1.82) is 0 Å². The fraction of sp³-hybridized carbons (Fsp3) is 0.667. The van der Waals surface area contributed by atoms with Gasteiger partial charge in [-0.2, -0.15) is 0 Å². The minimum atomic E-state index is 0.544. The monoisotopic (exact) mass is 220 g/mol. The molecule has 0 amide bonds. The third kappa shape index (κ3) is 3.04. The summed E-state index contributed by atoms with van der Waals surface area (Å²) in [5.41, 5.74) is 12.1. The number of rotatable bonds is 5. The molecule has 1 heterocycles. The quantitative estimate of drug-likeness (QED) is 0.413. The van der Waals surface area contributed by atoms with Gasteiger partial charge < -0.3 is 4.57 Å². The number of aromatic nitrogens is 1. The third-order valence-corrected chi connectivity index (χ3v) is 2.77. The van der Waals surface area contributed by atoms with Gasteiger partial charge in [0.25, 0.3) is 0 Å². The van der Waals surface area contributed by atoms with Gasteiger partial charge in [0.1, 0.15) is 0 Å². The summed E-state index contributed by atoms with van der Waals surface area (Å²) in [6.45, 7) is 10.3. The lowest BCUT2D eigenvalue weighted by molar-refractivity contribution is 0.508. The zero-order chi connectivity index (χ0) is 12.1. The van der Waals surface area contributed by atoms with E-state index in [9.17, 15) is 0 Å². The molecule has 0 saturated heterocycles. The average molecular weight is 220 g/mol. The van der Waals surface area contributed by atoms with E-state index in [-0.39, 0.29) is 0 Å². The Morgan fingerprint density at radius 3 is 2.69 bits per heavy atom. The van der Waals surface area contributed by atoms with Crippen molar-refractivity contribution in [2.45, 2.75) is 40.7 Å². The SMILES string of the molecule is Cc1cc(CCN=[N+]=[N-])c(C)n1CC(C)C. The maximum absolute atomic E-state index is 8.25. The molecule has 16 heavy (non-hydrogen) atoms. The largest absolute Gasteiger partial charge is 0.349 e. The predicted octanol–water partition coefficient (Wildman–Crippen LogP) is 3.61. The Bertz CT molecular complexity index is 397. The zero-order valence-corrected chi connectivity index (χ0v) is 10.6. The molecule has 0 radical (unpaired) electrons. The van der Waals surface area contributed by atoms with Gasteiger partial charge in [0.2, 0.25) is 0 Å². The van der Waals surface area contributed by atoms with Crippen molar-refractivity contribution in [2.75, 3.05) is 6.54 Å². The van der Waals surface area contributed by atoms with Crippen LogP contribution in [0.25, 0.3) is 10.4 Å². The molecule has 0 saturated carbocycles. The molecular formula is C12H20N4. The van der Waals surface area contributed by atoms with Crippen molar-refractivity contribution in [3.8, 4) is 0 Å². The molecule has 1 rings (SSSR count). The summed E-state index contributed by atoms with van der Waals surface area (Å²) in [7, 11) is 0. The van der Waals surface area contributed by atoms with Gasteiger partial charge in [-0.15, -0.1) is 0 Å². The van der Waals surface area contributed by atoms with E-state index < -0.39 is 0 Å². The molecule has 0 N–H and O–H groups in total. The first-order valence-corrected chi connectivity index (χ1v) is 5.72. The maximum atomic E-state index is 8.25. The van der Waals surface area contributed by atoms with Crippen LogP contribution in [0.4, 0.5) is 0 Å². The Balaban J connectivity index is 2.83. The van der Waals surface area contributed by atoms with Gasteiger partial charge in [-0.3, -0.25) is 0 Å². The predicted molar refractivity (Wildman–Crippen MR) is 66.5 cm³/mol. The number of hydrogen-bond donors (Lipinski definition) is 0. The van der Waals surface area contributed by atoms with E-state index in [1.165, 1.54) is 17.0 Å². The van der Waals surface area contributed by atoms with E-state index in [0.29, 0.717) is 12.5 Å². The van der Waals surface area contributed by atoms with E-state index in [1.54, 1.807) is 0 Å². The first-order chi connectivity index (χ1) is 7.56. The number of hydrogen-bond acceptors (Lipinski definition) is 1. The Hall–Kier alpha value is -1.41. The lowest BCUT2D eigenvalue weighted by Gasteiger charge is -2.12. The van der Waals surface area contributed by atoms with Gasteiger partial charge in [0, 0.05) is 29.4 Å². The van der Waals surface area contributed by atoms with Crippen LogP contribution in [0.2, 0.25) is 0 Å². The van der Waals surface area contributed by atoms with Gasteiger partial charge in [-0.25, -0.2) is 0 Å². The summed E-state index contributed by atoms with van der Waals surface area (Å²) < 4.78 is 2.34. The fourth-order valence-corrected chi connectivity index (χ4v) is 1.99. The van der Waals surface area contributed by atoms with Gasteiger partial charge in [-0.05, 0) is 43.3 Å². The highest BCUT2D eigenvalue weighted by Gasteiger charge is 2.09. The molecular weight excluding hydrogens is 200 g/mol. The van der Waals surface area contributed by atoms with Crippen molar-refractivity contribution < 1.29 is 0 Å². The standard InChI is InChI=1S/C12H20N4/c1-9(2)8-16-10(3)7-12(11(16)4)5-6-14-15-13/h7,9H,5-6,8H2,1-4H3. The molecule has 1 aromatic rings. The van der Waals surface area contributed by atoms with Gasteiger partial charge in [-0.1, -0.05) is 19.0 Å². The van der Waals surface area contributed by atoms with Crippen LogP contribution in [0.1, 0.15) is 30.8 Å². The molecule has 0 aliphatic rings. The lowest BCUT2D eigenvalue weighted by atomic mass is 10.2. The molecule has 0 unspecified atom stereocenters. The normalized spacial score (nSPS) is 10.6. The van der Waals surface area contributed by atoms with Crippen molar-refractivity contribution in [1.82, 2.24) is 4.57 Å². The molecule has 1 aromatic heterocycles. The first-order valence-electron chi connectivity index (χ1n) is 5.72. The minimum absolute atomic E-state index is 0.544. The molecule has 88 valence electrons. The Labute approximate surface area is 96.9 Å². The first kappa shape index (κ1) is 12.7. The van der Waals surface area contributed by atoms with Gasteiger partial charge >= 0.3 is 0 Å². The summed E-state index contributed by atoms with van der Waals surface area (Å²) in [6.07, 6.45) is 0.835. The van der Waals surface area contributed by atoms with Crippen molar-refractivity contribution in [2.24, 2.45) is 11.0 Å². The Kier molecular flexibility index (Phi) is 4.44. The Morgan fingerprint density at radius 1 is 1.44 bits per heavy atom. The van der Waals surface area contributed by atoms with E-state index in [1.807, 2.05) is 0 Å². The number of azide groups is 1. The van der Waals surface area contributed by atoms with Gasteiger partial charge in [0.05, 0.1) is 0 Å². The van der Waals surface area contributed by atoms with Crippen molar-refractivity contribution in [3.05, 3.63) is 33.5 Å². The van der Waals surface area contributed by atoms with Crippen LogP contribution in [0.3, 0.4) is 0 Å². The molecule has 4 nitrogen and oxygen atoms in total. The molecule has 0 aliphatic heterocycles. The average Bonchev–Trinajstić information content (AvgIpc) is 2.46. The second-order valence-electron chi connectivity index (χ2n) is 4.61. The van der Waals surface area contributed by atoms with Crippen LogP contribution in [-0.4, -0.2) is 11.1 Å². The van der Waals surface area contributed by atoms with Gasteiger partial charge in [0.15, 0.2) is 0 Å². The molecule has 0 aromatic carbocycles. The van der Waals surface area contributed by atoms with Crippen LogP contribution < -0.4 is 0 Å². The van der Waals surface area contributed by atoms with Crippen molar-refractivity contribution in [3.63, 3.8) is 0 Å². The highest BCUT2D eigenvalue weighted by atomic mass is 15.1. The van der Waals surface area contributed by atoms with Crippen LogP contribution in [0.15, 0.2) is 11.2 Å². The molecule has 0 spiro atoms. The smallest absolute Gasteiger partial charge is 0.0299 e. The van der Waals surface area contributed by atoms with Crippen molar-refractivity contribution >= 4 is 0 Å².